The van der Waals surface area contributed by atoms with E-state index in [0.717, 1.165) is 5.57 Å². The smallest absolute Gasteiger partial charge is 0.162 e. The van der Waals surface area contributed by atoms with E-state index in [2.05, 4.69) is 18.4 Å². The van der Waals surface area contributed by atoms with Crippen LogP contribution in [0.5, 0.6) is 0 Å². The minimum absolute atomic E-state index is 0. The van der Waals surface area contributed by atoms with Crippen LogP contribution in [-0.2, 0) is 4.79 Å². The van der Waals surface area contributed by atoms with E-state index in [1.54, 1.807) is 6.92 Å². The molecule has 1 atom stereocenters. The van der Waals surface area contributed by atoms with Gasteiger partial charge in [-0.1, -0.05) is 24.3 Å². The van der Waals surface area contributed by atoms with Crippen LogP contribution in [0.15, 0.2) is 47.9 Å². The topological polar surface area (TPSA) is 33.7 Å². The molecule has 2 aliphatic rings. The maximum absolute atomic E-state index is 11.3. The van der Waals surface area contributed by atoms with Crippen molar-refractivity contribution in [3.05, 3.63) is 47.9 Å². The quantitative estimate of drug-likeness (QED) is 0.517. The van der Waals surface area contributed by atoms with Crippen molar-refractivity contribution < 1.29 is 22.5 Å². The summed E-state index contributed by atoms with van der Waals surface area (Å²) in [6.07, 6.45) is 12.1. The van der Waals surface area contributed by atoms with Crippen molar-refractivity contribution >= 4 is 5.78 Å². The lowest BCUT2D eigenvalue weighted by molar-refractivity contribution is -0.517. The van der Waals surface area contributed by atoms with Gasteiger partial charge in [0.25, 0.3) is 0 Å². The average Bonchev–Trinajstić information content (AvgIpc) is 2.17. The normalized spacial score (nSPS) is 23.1. The molecule has 74 valence electrons. The number of hydrogen-bond acceptors (Lipinski definition) is 1. The Kier molecular flexibility index (Phi) is 3.44. The maximum atomic E-state index is 11.3. The zero-order valence-corrected chi connectivity index (χ0v) is 8.66. The van der Waals surface area contributed by atoms with Crippen LogP contribution >= 0.6 is 0 Å². The largest absolute Gasteiger partial charge is 1.00 e. The molecule has 1 aliphatic carbocycles. The molecule has 0 radical (unpaired) electrons. The molecular weight excluding hydrogens is 198 g/mol. The molecule has 0 spiro atoms. The van der Waals surface area contributed by atoms with Crippen molar-refractivity contribution in [2.24, 2.45) is 5.92 Å². The highest BCUT2D eigenvalue weighted by atomic mass is 35.5. The molecule has 2 nitrogen and oxygen atoms in total. The van der Waals surface area contributed by atoms with E-state index in [0.29, 0.717) is 0 Å². The Labute approximate surface area is 89.5 Å². The van der Waals surface area contributed by atoms with E-state index in [9.17, 15) is 4.79 Å². The minimum atomic E-state index is 0. The summed E-state index contributed by atoms with van der Waals surface area (Å²) in [5.74, 6) is 0.347. The number of carbonyl (C=O) groups is 1. The number of fused-ring (bicyclic) bond motifs is 1. The first-order valence-electron chi connectivity index (χ1n) is 4.40. The molecule has 0 saturated carbocycles. The third-order valence-corrected chi connectivity index (χ3v) is 2.37. The van der Waals surface area contributed by atoms with Crippen molar-refractivity contribution in [3.8, 4) is 0 Å². The first-order valence-corrected chi connectivity index (χ1v) is 4.40. The standard InChI is InChI=1S/C11H11NO.ClH/c1-8(13)11-7-12-6-9-4-2-3-5-10(9)11;/h2-7,10,12H,1H3;1H. The minimum Gasteiger partial charge on any atom is -1.00 e. The van der Waals surface area contributed by atoms with Crippen LogP contribution in [0.25, 0.3) is 0 Å². The second kappa shape index (κ2) is 4.40. The molecule has 3 heteroatoms. The summed E-state index contributed by atoms with van der Waals surface area (Å²) in [6.45, 7) is 1.62. The highest BCUT2D eigenvalue weighted by Gasteiger charge is 2.24. The highest BCUT2D eigenvalue weighted by molar-refractivity contribution is 5.94. The molecule has 0 amide bonds. The van der Waals surface area contributed by atoms with Gasteiger partial charge in [-0.05, 0) is 6.92 Å². The van der Waals surface area contributed by atoms with Crippen LogP contribution in [0, 0.1) is 5.92 Å². The summed E-state index contributed by atoms with van der Waals surface area (Å²) in [4.78, 5) is 11.3. The molecule has 1 unspecified atom stereocenters. The van der Waals surface area contributed by atoms with Crippen molar-refractivity contribution in [3.63, 3.8) is 0 Å². The van der Waals surface area contributed by atoms with Crippen LogP contribution in [-0.4, -0.2) is 5.78 Å². The zero-order valence-electron chi connectivity index (χ0n) is 7.91. The number of hydrogen-bond donors (Lipinski definition) is 1. The molecule has 2 N–H and O–H groups in total. The Hall–Kier alpha value is -1.12. The van der Waals surface area contributed by atoms with Crippen molar-refractivity contribution in [2.45, 2.75) is 6.92 Å². The van der Waals surface area contributed by atoms with Gasteiger partial charge in [-0.2, -0.15) is 0 Å². The fourth-order valence-electron chi connectivity index (χ4n) is 1.70. The Morgan fingerprint density at radius 1 is 1.36 bits per heavy atom. The molecule has 1 aliphatic heterocycles. The molecule has 0 aromatic rings. The fourth-order valence-corrected chi connectivity index (χ4v) is 1.70. The fraction of sp³-hybridized carbons (Fsp3) is 0.182. The zero-order chi connectivity index (χ0) is 9.26. The van der Waals surface area contributed by atoms with E-state index in [1.807, 2.05) is 23.7 Å². The van der Waals surface area contributed by atoms with Crippen LogP contribution in [0.2, 0.25) is 0 Å². The molecule has 0 saturated heterocycles. The van der Waals surface area contributed by atoms with Gasteiger partial charge in [0.05, 0.1) is 5.57 Å². The Bertz CT molecular complexity index is 363. The number of allylic oxidation sites excluding steroid dienone is 6. The molecule has 2 rings (SSSR count). The summed E-state index contributed by atoms with van der Waals surface area (Å²) in [5, 5.41) is 1.94. The molecule has 14 heavy (non-hydrogen) atoms. The van der Waals surface area contributed by atoms with Gasteiger partial charge in [0.15, 0.2) is 5.78 Å². The van der Waals surface area contributed by atoms with Gasteiger partial charge in [0.1, 0.15) is 12.4 Å². The lowest BCUT2D eigenvalue weighted by Gasteiger charge is -2.19. The highest BCUT2D eigenvalue weighted by Crippen LogP contribution is 2.26. The lowest BCUT2D eigenvalue weighted by Crippen LogP contribution is -3.00. The maximum Gasteiger partial charge on any atom is 0.162 e. The summed E-state index contributed by atoms with van der Waals surface area (Å²) in [6, 6.07) is 0. The first kappa shape index (κ1) is 11.0. The summed E-state index contributed by atoms with van der Waals surface area (Å²) in [7, 11) is 0. The molecular formula is C11H12ClNO. The lowest BCUT2D eigenvalue weighted by atomic mass is 9.85. The monoisotopic (exact) mass is 209 g/mol. The van der Waals surface area contributed by atoms with Gasteiger partial charge in [-0.3, -0.25) is 10.1 Å². The predicted molar refractivity (Wildman–Crippen MR) is 50.5 cm³/mol. The third kappa shape index (κ3) is 1.86. The van der Waals surface area contributed by atoms with Gasteiger partial charge in [0.2, 0.25) is 0 Å². The Morgan fingerprint density at radius 3 is 2.86 bits per heavy atom. The van der Waals surface area contributed by atoms with Crippen LogP contribution in [0.1, 0.15) is 6.92 Å². The summed E-state index contributed by atoms with van der Waals surface area (Å²) >= 11 is 0. The van der Waals surface area contributed by atoms with E-state index >= 15 is 0 Å². The van der Waals surface area contributed by atoms with Gasteiger partial charge in [-0.25, -0.2) is 0 Å². The molecule has 0 aromatic carbocycles. The number of carbonyl (C=O) groups excluding carboxylic acids is 1. The second-order valence-corrected chi connectivity index (χ2v) is 3.26. The first-order chi connectivity index (χ1) is 6.29. The number of rotatable bonds is 1. The summed E-state index contributed by atoms with van der Waals surface area (Å²) < 4.78 is 0. The summed E-state index contributed by atoms with van der Waals surface area (Å²) in [5.41, 5.74) is 2.09. The molecule has 0 bridgehead atoms. The SMILES string of the molecule is CC(=O)C1=C[NH2+]C=C2C=CC=CC21.[Cl-]. The van der Waals surface area contributed by atoms with Crippen molar-refractivity contribution in [1.82, 2.24) is 0 Å². The third-order valence-electron chi connectivity index (χ3n) is 2.37. The van der Waals surface area contributed by atoms with E-state index < -0.39 is 0 Å². The van der Waals surface area contributed by atoms with Gasteiger partial charge in [0, 0.05) is 11.5 Å². The second-order valence-electron chi connectivity index (χ2n) is 3.26. The number of halogens is 1. The van der Waals surface area contributed by atoms with Crippen LogP contribution in [0.3, 0.4) is 0 Å². The number of quaternary nitrogens is 1. The van der Waals surface area contributed by atoms with Gasteiger partial charge in [-0.15, -0.1) is 0 Å². The van der Waals surface area contributed by atoms with Crippen molar-refractivity contribution in [1.29, 1.82) is 0 Å². The van der Waals surface area contributed by atoms with E-state index in [1.165, 1.54) is 5.57 Å². The molecule has 0 fully saturated rings. The van der Waals surface area contributed by atoms with Crippen LogP contribution < -0.4 is 17.7 Å². The van der Waals surface area contributed by atoms with Gasteiger partial charge >= 0.3 is 0 Å². The number of Topliss-reactive ketones (excluding diaryl/α,β-unsaturated/α-hetero) is 1. The van der Waals surface area contributed by atoms with Crippen LogP contribution in [0.4, 0.5) is 0 Å². The molecule has 1 heterocycles. The molecule has 0 aromatic heterocycles. The number of nitrogens with two attached hydrogens (primary N) is 1. The number of ketones is 1. The van der Waals surface area contributed by atoms with Gasteiger partial charge < -0.3 is 12.4 Å². The van der Waals surface area contributed by atoms with E-state index in [-0.39, 0.29) is 24.1 Å². The Balaban J connectivity index is 0.000000980. The van der Waals surface area contributed by atoms with E-state index in [4.69, 9.17) is 0 Å². The predicted octanol–water partition coefficient (Wildman–Crippen LogP) is -2.33. The average molecular weight is 210 g/mol. The van der Waals surface area contributed by atoms with Crippen molar-refractivity contribution in [2.75, 3.05) is 0 Å². The Morgan fingerprint density at radius 2 is 2.14 bits per heavy atom.